The van der Waals surface area contributed by atoms with Gasteiger partial charge in [0, 0.05) is 31.7 Å². The Morgan fingerprint density at radius 2 is 1.85 bits per heavy atom. The molecule has 6 nitrogen and oxygen atoms in total. The van der Waals surface area contributed by atoms with E-state index in [-0.39, 0.29) is 17.0 Å². The first-order valence-corrected chi connectivity index (χ1v) is 13.2. The van der Waals surface area contributed by atoms with Crippen LogP contribution in [0.25, 0.3) is 6.08 Å². The van der Waals surface area contributed by atoms with Crippen LogP contribution in [-0.4, -0.2) is 39.3 Å². The molecule has 1 aromatic rings. The number of thiocarbonyl (C=S) groups is 1. The Kier molecular flexibility index (Phi) is 8.77. The maximum Gasteiger partial charge on any atom is 0.270 e. The van der Waals surface area contributed by atoms with Crippen LogP contribution in [0, 0.1) is 24.2 Å². The monoisotopic (exact) mass is 486 g/mol. The lowest BCUT2D eigenvalue weighted by Gasteiger charge is -2.29. The molecule has 2 saturated heterocycles. The van der Waals surface area contributed by atoms with Gasteiger partial charge in [-0.05, 0) is 43.7 Å². The van der Waals surface area contributed by atoms with Gasteiger partial charge < -0.3 is 4.90 Å². The first-order chi connectivity index (χ1) is 15.8. The Labute approximate surface area is 206 Å². The zero-order valence-electron chi connectivity index (χ0n) is 20.1. The van der Waals surface area contributed by atoms with Gasteiger partial charge in [0.1, 0.15) is 21.8 Å². The minimum atomic E-state index is -0.229. The molecule has 1 amide bonds. The van der Waals surface area contributed by atoms with Gasteiger partial charge in [-0.15, -0.1) is 0 Å². The molecule has 8 heteroatoms. The molecule has 0 radical (unpaired) electrons. The highest BCUT2D eigenvalue weighted by atomic mass is 32.2. The van der Waals surface area contributed by atoms with Crippen LogP contribution < -0.4 is 10.5 Å². The quantitative estimate of drug-likeness (QED) is 0.396. The molecule has 33 heavy (non-hydrogen) atoms. The molecular weight excluding hydrogens is 452 g/mol. The van der Waals surface area contributed by atoms with Gasteiger partial charge in [-0.1, -0.05) is 64.0 Å². The van der Waals surface area contributed by atoms with Crippen molar-refractivity contribution in [3.63, 3.8) is 0 Å². The number of nitriles is 1. The SMILES string of the molecule is CCCCn1c(N2CCCCCC2)c(C=C2SC(=S)N(CC(C)C)C2=O)c(C)c(C#N)c1=O. The van der Waals surface area contributed by atoms with E-state index in [1.165, 1.54) is 24.6 Å². The van der Waals surface area contributed by atoms with Gasteiger partial charge in [0.05, 0.1) is 4.91 Å². The number of thioether (sulfide) groups is 1. The third-order valence-corrected chi connectivity index (χ3v) is 7.56. The van der Waals surface area contributed by atoms with Crippen molar-refractivity contribution in [2.45, 2.75) is 72.8 Å². The number of carbonyl (C=O) groups excluding carboxylic acids is 1. The average Bonchev–Trinajstić information content (AvgIpc) is 2.96. The summed E-state index contributed by atoms with van der Waals surface area (Å²) in [5, 5.41) is 9.82. The Hall–Kier alpha value is -2.11. The smallest absolute Gasteiger partial charge is 0.270 e. The van der Waals surface area contributed by atoms with Gasteiger partial charge in [0.2, 0.25) is 0 Å². The van der Waals surface area contributed by atoms with Crippen molar-refractivity contribution in [2.75, 3.05) is 24.5 Å². The second-order valence-electron chi connectivity index (χ2n) is 9.25. The van der Waals surface area contributed by atoms with Crippen LogP contribution in [0.4, 0.5) is 5.82 Å². The molecule has 3 heterocycles. The van der Waals surface area contributed by atoms with Crippen molar-refractivity contribution >= 4 is 46.1 Å². The van der Waals surface area contributed by atoms with Gasteiger partial charge >= 0.3 is 0 Å². The van der Waals surface area contributed by atoms with Crippen molar-refractivity contribution in [3.05, 3.63) is 31.9 Å². The summed E-state index contributed by atoms with van der Waals surface area (Å²) in [7, 11) is 0. The predicted molar refractivity (Wildman–Crippen MR) is 140 cm³/mol. The molecule has 2 aliphatic heterocycles. The van der Waals surface area contributed by atoms with Crippen molar-refractivity contribution in [2.24, 2.45) is 5.92 Å². The molecular formula is C25H34N4O2S2. The molecule has 1 aromatic heterocycles. The molecule has 2 fully saturated rings. The number of pyridine rings is 1. The summed E-state index contributed by atoms with van der Waals surface area (Å²) < 4.78 is 2.34. The molecule has 0 N–H and O–H groups in total. The molecule has 0 atom stereocenters. The molecule has 0 unspecified atom stereocenters. The first kappa shape index (κ1) is 25.5. The third-order valence-electron chi connectivity index (χ3n) is 6.18. The van der Waals surface area contributed by atoms with E-state index in [0.29, 0.717) is 33.8 Å². The minimum Gasteiger partial charge on any atom is -0.357 e. The topological polar surface area (TPSA) is 69.3 Å². The Morgan fingerprint density at radius 1 is 1.18 bits per heavy atom. The maximum absolute atomic E-state index is 13.3. The van der Waals surface area contributed by atoms with Crippen molar-refractivity contribution < 1.29 is 4.79 Å². The molecule has 0 aliphatic carbocycles. The van der Waals surface area contributed by atoms with Gasteiger partial charge in [0.25, 0.3) is 11.5 Å². The van der Waals surface area contributed by atoms with E-state index in [0.717, 1.165) is 50.2 Å². The van der Waals surface area contributed by atoms with E-state index in [9.17, 15) is 14.9 Å². The standard InChI is InChI=1S/C25H34N4O2S2/c1-5-6-13-28-22(27-11-9-7-8-10-12-27)19(18(4)20(15-26)23(28)30)14-21-24(31)29(16-17(2)3)25(32)33-21/h14,17H,5-13,16H2,1-4H3. The second kappa shape index (κ2) is 11.3. The normalized spacial score (nSPS) is 18.4. The van der Waals surface area contributed by atoms with E-state index >= 15 is 0 Å². The number of hydrogen-bond acceptors (Lipinski definition) is 6. The third kappa shape index (κ3) is 5.52. The second-order valence-corrected chi connectivity index (χ2v) is 10.9. The lowest BCUT2D eigenvalue weighted by atomic mass is 10.0. The summed E-state index contributed by atoms with van der Waals surface area (Å²) in [6.07, 6.45) is 8.16. The van der Waals surface area contributed by atoms with Crippen LogP contribution in [0.5, 0.6) is 0 Å². The van der Waals surface area contributed by atoms with E-state index in [4.69, 9.17) is 12.2 Å². The highest BCUT2D eigenvalue weighted by Gasteiger charge is 2.33. The maximum atomic E-state index is 13.3. The zero-order chi connectivity index (χ0) is 24.1. The van der Waals surface area contributed by atoms with Crippen LogP contribution in [0.1, 0.15) is 76.0 Å². The fourth-order valence-electron chi connectivity index (χ4n) is 4.44. The van der Waals surface area contributed by atoms with Gasteiger partial charge in [-0.3, -0.25) is 19.1 Å². The molecule has 0 saturated carbocycles. The summed E-state index contributed by atoms with van der Waals surface area (Å²) in [5.41, 5.74) is 1.37. The van der Waals surface area contributed by atoms with E-state index in [2.05, 4.69) is 31.7 Å². The largest absolute Gasteiger partial charge is 0.357 e. The molecule has 0 spiro atoms. The van der Waals surface area contributed by atoms with Crippen LogP contribution in [0.3, 0.4) is 0 Å². The Balaban J connectivity index is 2.21. The predicted octanol–water partition coefficient (Wildman–Crippen LogP) is 5.07. The summed E-state index contributed by atoms with van der Waals surface area (Å²) >= 11 is 6.81. The molecule has 2 aliphatic rings. The highest BCUT2D eigenvalue weighted by molar-refractivity contribution is 8.26. The number of rotatable bonds is 7. The fourth-order valence-corrected chi connectivity index (χ4v) is 5.70. The number of aromatic nitrogens is 1. The van der Waals surface area contributed by atoms with E-state index in [1.807, 2.05) is 13.0 Å². The summed E-state index contributed by atoms with van der Waals surface area (Å²) in [4.78, 5) is 31.1. The molecule has 0 bridgehead atoms. The first-order valence-electron chi connectivity index (χ1n) is 12.0. The number of anilines is 1. The van der Waals surface area contributed by atoms with Gasteiger partial charge in [-0.2, -0.15) is 5.26 Å². The van der Waals surface area contributed by atoms with Crippen LogP contribution in [-0.2, 0) is 11.3 Å². The number of nitrogens with zero attached hydrogens (tertiary/aromatic N) is 4. The summed E-state index contributed by atoms with van der Waals surface area (Å²) in [6.45, 7) is 10.9. The summed E-state index contributed by atoms with van der Waals surface area (Å²) in [6, 6.07) is 2.13. The summed E-state index contributed by atoms with van der Waals surface area (Å²) in [5.74, 6) is 1.06. The van der Waals surface area contributed by atoms with E-state index < -0.39 is 0 Å². The van der Waals surface area contributed by atoms with Gasteiger partial charge in [0.15, 0.2) is 0 Å². The van der Waals surface area contributed by atoms with Crippen LogP contribution in [0.2, 0.25) is 0 Å². The number of amides is 1. The lowest BCUT2D eigenvalue weighted by molar-refractivity contribution is -0.122. The Morgan fingerprint density at radius 3 is 2.42 bits per heavy atom. The van der Waals surface area contributed by atoms with Gasteiger partial charge in [-0.25, -0.2) is 0 Å². The van der Waals surface area contributed by atoms with E-state index in [1.54, 1.807) is 9.47 Å². The molecule has 178 valence electrons. The fraction of sp³-hybridized carbons (Fsp3) is 0.600. The van der Waals surface area contributed by atoms with Crippen molar-refractivity contribution in [1.82, 2.24) is 9.47 Å². The van der Waals surface area contributed by atoms with Crippen LogP contribution >= 0.6 is 24.0 Å². The van der Waals surface area contributed by atoms with Crippen molar-refractivity contribution in [3.8, 4) is 6.07 Å². The molecule has 3 rings (SSSR count). The number of unbranched alkanes of at least 4 members (excludes halogenated alkanes) is 1. The van der Waals surface area contributed by atoms with Crippen LogP contribution in [0.15, 0.2) is 9.70 Å². The highest BCUT2D eigenvalue weighted by Crippen LogP contribution is 2.36. The average molecular weight is 487 g/mol. The number of carbonyl (C=O) groups is 1. The minimum absolute atomic E-state index is 0.0928. The molecule has 0 aromatic carbocycles. The zero-order valence-corrected chi connectivity index (χ0v) is 21.8. The van der Waals surface area contributed by atoms with Crippen molar-refractivity contribution in [1.29, 1.82) is 5.26 Å². The number of hydrogen-bond donors (Lipinski definition) is 0. The lowest BCUT2D eigenvalue weighted by Crippen LogP contribution is -2.35. The Bertz CT molecular complexity index is 1040.